The molecule has 0 radical (unpaired) electrons. The molecule has 0 aliphatic carbocycles. The lowest BCUT2D eigenvalue weighted by molar-refractivity contribution is 0.737. The van der Waals surface area contributed by atoms with Gasteiger partial charge in [-0.15, -0.1) is 0 Å². The third kappa shape index (κ3) is 3.68. The van der Waals surface area contributed by atoms with Crippen LogP contribution in [0.2, 0.25) is 5.02 Å². The number of hydrogen-bond donors (Lipinski definition) is 0. The Morgan fingerprint density at radius 1 is 1.00 bits per heavy atom. The molecule has 0 atom stereocenters. The molecule has 0 aliphatic rings. The van der Waals surface area contributed by atoms with Gasteiger partial charge in [-0.3, -0.25) is 9.36 Å². The van der Waals surface area contributed by atoms with E-state index in [4.69, 9.17) is 16.6 Å². The van der Waals surface area contributed by atoms with Gasteiger partial charge in [0.25, 0.3) is 5.56 Å². The maximum atomic E-state index is 13.6. The maximum absolute atomic E-state index is 13.6. The first-order chi connectivity index (χ1) is 15.0. The van der Waals surface area contributed by atoms with E-state index in [1.807, 2.05) is 36.4 Å². The Labute approximate surface area is 192 Å². The summed E-state index contributed by atoms with van der Waals surface area (Å²) in [6.45, 7) is 3.01. The summed E-state index contributed by atoms with van der Waals surface area (Å²) >= 11 is 9.82. The van der Waals surface area contributed by atoms with E-state index in [1.54, 1.807) is 10.9 Å². The minimum atomic E-state index is -0.0733. The summed E-state index contributed by atoms with van der Waals surface area (Å²) in [6.07, 6.45) is 1.62. The third-order valence-electron chi connectivity index (χ3n) is 5.53. The lowest BCUT2D eigenvalue weighted by Crippen LogP contribution is -2.23. The van der Waals surface area contributed by atoms with Gasteiger partial charge < -0.3 is 4.57 Å². The van der Waals surface area contributed by atoms with Crippen molar-refractivity contribution in [1.29, 1.82) is 0 Å². The zero-order chi connectivity index (χ0) is 21.5. The van der Waals surface area contributed by atoms with Gasteiger partial charge >= 0.3 is 0 Å². The molecule has 0 unspecified atom stereocenters. The molecule has 6 heteroatoms. The van der Waals surface area contributed by atoms with Crippen LogP contribution in [-0.4, -0.2) is 14.1 Å². The first kappa shape index (κ1) is 20.0. The number of fused-ring (bicyclic) bond motifs is 3. The molecule has 0 fully saturated rings. The number of aromatic nitrogens is 3. The standard InChI is InChI=1S/C25H19BrClN3O/c1-16-6-11-22-20(12-16)23-24(30(22)13-17-7-9-19(26)10-8-17)25(31)29(15-28-23)14-18-4-2-3-5-21(18)27/h2-12,15H,13-14H2,1H3. The molecule has 154 valence electrons. The van der Waals surface area contributed by atoms with Crippen LogP contribution in [-0.2, 0) is 13.1 Å². The molecule has 0 saturated carbocycles. The van der Waals surface area contributed by atoms with Crippen LogP contribution in [0.3, 0.4) is 0 Å². The molecule has 0 amide bonds. The number of aryl methyl sites for hydroxylation is 1. The highest BCUT2D eigenvalue weighted by atomic mass is 79.9. The highest BCUT2D eigenvalue weighted by Crippen LogP contribution is 2.28. The summed E-state index contributed by atoms with van der Waals surface area (Å²) in [5, 5.41) is 1.63. The van der Waals surface area contributed by atoms with E-state index in [-0.39, 0.29) is 5.56 Å². The van der Waals surface area contributed by atoms with Gasteiger partial charge in [-0.25, -0.2) is 4.98 Å². The monoisotopic (exact) mass is 491 g/mol. The van der Waals surface area contributed by atoms with Crippen LogP contribution in [0, 0.1) is 6.92 Å². The van der Waals surface area contributed by atoms with E-state index in [2.05, 4.69) is 57.8 Å². The third-order valence-corrected chi connectivity index (χ3v) is 6.43. The Bertz CT molecular complexity index is 1490. The zero-order valence-electron chi connectivity index (χ0n) is 16.8. The first-order valence-electron chi connectivity index (χ1n) is 9.97. The quantitative estimate of drug-likeness (QED) is 0.301. The molecule has 2 aromatic heterocycles. The fourth-order valence-corrected chi connectivity index (χ4v) is 4.43. The minimum absolute atomic E-state index is 0.0733. The van der Waals surface area contributed by atoms with Gasteiger partial charge in [-0.05, 0) is 48.4 Å². The second-order valence-electron chi connectivity index (χ2n) is 7.70. The van der Waals surface area contributed by atoms with Crippen molar-refractivity contribution in [3.63, 3.8) is 0 Å². The Hall–Kier alpha value is -2.89. The normalized spacial score (nSPS) is 11.5. The second kappa shape index (κ2) is 7.98. The molecule has 0 aliphatic heterocycles. The van der Waals surface area contributed by atoms with Gasteiger partial charge in [-0.2, -0.15) is 0 Å². The molecule has 5 aromatic rings. The Morgan fingerprint density at radius 3 is 2.55 bits per heavy atom. The van der Waals surface area contributed by atoms with Crippen molar-refractivity contribution >= 4 is 49.5 Å². The molecule has 0 saturated heterocycles. The van der Waals surface area contributed by atoms with E-state index in [0.29, 0.717) is 23.6 Å². The molecule has 5 rings (SSSR count). The van der Waals surface area contributed by atoms with Crippen molar-refractivity contribution in [3.8, 4) is 0 Å². The highest BCUT2D eigenvalue weighted by Gasteiger charge is 2.17. The fraction of sp³-hybridized carbons (Fsp3) is 0.120. The summed E-state index contributed by atoms with van der Waals surface area (Å²) in [4.78, 5) is 18.3. The van der Waals surface area contributed by atoms with Gasteiger partial charge in [0.2, 0.25) is 0 Å². The summed E-state index contributed by atoms with van der Waals surface area (Å²) in [6, 6.07) is 22.0. The number of hydrogen-bond acceptors (Lipinski definition) is 2. The van der Waals surface area contributed by atoms with Crippen molar-refractivity contribution in [3.05, 3.63) is 110 Å². The predicted molar refractivity (Wildman–Crippen MR) is 130 cm³/mol. The van der Waals surface area contributed by atoms with Crippen LogP contribution in [0.1, 0.15) is 16.7 Å². The van der Waals surface area contributed by atoms with Gasteiger partial charge in [0, 0.05) is 21.4 Å². The van der Waals surface area contributed by atoms with Crippen molar-refractivity contribution in [2.45, 2.75) is 20.0 Å². The Kier molecular flexibility index (Phi) is 5.16. The minimum Gasteiger partial charge on any atom is -0.330 e. The summed E-state index contributed by atoms with van der Waals surface area (Å²) < 4.78 is 4.73. The van der Waals surface area contributed by atoms with E-state index in [0.717, 1.165) is 37.6 Å². The summed E-state index contributed by atoms with van der Waals surface area (Å²) in [5.41, 5.74) is 5.41. The number of nitrogens with zero attached hydrogens (tertiary/aromatic N) is 3. The zero-order valence-corrected chi connectivity index (χ0v) is 19.2. The van der Waals surface area contributed by atoms with E-state index < -0.39 is 0 Å². The van der Waals surface area contributed by atoms with E-state index in [1.165, 1.54) is 0 Å². The lowest BCUT2D eigenvalue weighted by atomic mass is 10.1. The molecule has 2 heterocycles. The highest BCUT2D eigenvalue weighted by molar-refractivity contribution is 9.10. The topological polar surface area (TPSA) is 39.8 Å². The summed E-state index contributed by atoms with van der Waals surface area (Å²) in [5.74, 6) is 0. The molecule has 4 nitrogen and oxygen atoms in total. The van der Waals surface area contributed by atoms with Crippen LogP contribution in [0.25, 0.3) is 21.9 Å². The van der Waals surface area contributed by atoms with Crippen molar-refractivity contribution in [2.24, 2.45) is 0 Å². The Balaban J connectivity index is 1.73. The Morgan fingerprint density at radius 2 is 1.77 bits per heavy atom. The van der Waals surface area contributed by atoms with Gasteiger partial charge in [-0.1, -0.05) is 69.5 Å². The lowest BCUT2D eigenvalue weighted by Gasteiger charge is -2.10. The average molecular weight is 493 g/mol. The largest absolute Gasteiger partial charge is 0.330 e. The predicted octanol–water partition coefficient (Wildman–Crippen LogP) is 6.17. The van der Waals surface area contributed by atoms with Gasteiger partial charge in [0.1, 0.15) is 11.0 Å². The van der Waals surface area contributed by atoms with Crippen LogP contribution in [0.5, 0.6) is 0 Å². The van der Waals surface area contributed by atoms with Crippen molar-refractivity contribution in [2.75, 3.05) is 0 Å². The van der Waals surface area contributed by atoms with Crippen LogP contribution >= 0.6 is 27.5 Å². The van der Waals surface area contributed by atoms with Crippen LogP contribution < -0.4 is 5.56 Å². The molecular formula is C25H19BrClN3O. The summed E-state index contributed by atoms with van der Waals surface area (Å²) in [7, 11) is 0. The molecule has 0 bridgehead atoms. The van der Waals surface area contributed by atoms with E-state index >= 15 is 0 Å². The second-order valence-corrected chi connectivity index (χ2v) is 9.02. The van der Waals surface area contributed by atoms with Crippen molar-refractivity contribution in [1.82, 2.24) is 14.1 Å². The first-order valence-corrected chi connectivity index (χ1v) is 11.1. The van der Waals surface area contributed by atoms with Crippen molar-refractivity contribution < 1.29 is 0 Å². The molecule has 0 spiro atoms. The fourth-order valence-electron chi connectivity index (χ4n) is 3.97. The maximum Gasteiger partial charge on any atom is 0.278 e. The molecular weight excluding hydrogens is 474 g/mol. The van der Waals surface area contributed by atoms with Crippen LogP contribution in [0.15, 0.2) is 82.3 Å². The number of rotatable bonds is 4. The van der Waals surface area contributed by atoms with E-state index in [9.17, 15) is 4.79 Å². The average Bonchev–Trinajstić information content (AvgIpc) is 3.06. The SMILES string of the molecule is Cc1ccc2c(c1)c1ncn(Cc3ccccc3Cl)c(=O)c1n2Cc1ccc(Br)cc1. The molecule has 3 aromatic carbocycles. The smallest absolute Gasteiger partial charge is 0.278 e. The van der Waals surface area contributed by atoms with Gasteiger partial charge in [0.05, 0.1) is 18.4 Å². The number of benzene rings is 3. The number of halogens is 2. The molecule has 31 heavy (non-hydrogen) atoms. The van der Waals surface area contributed by atoms with Gasteiger partial charge in [0.15, 0.2) is 0 Å². The van der Waals surface area contributed by atoms with Crippen LogP contribution in [0.4, 0.5) is 0 Å². The molecule has 0 N–H and O–H groups in total.